The molecule has 1 aliphatic heterocycles. The lowest BCUT2D eigenvalue weighted by molar-refractivity contribution is 0.0589. The summed E-state index contributed by atoms with van der Waals surface area (Å²) < 4.78 is 0. The van der Waals surface area contributed by atoms with Crippen molar-refractivity contribution in [2.24, 2.45) is 5.92 Å². The average Bonchev–Trinajstić information content (AvgIpc) is 2.39. The third-order valence-electron chi connectivity index (χ3n) is 3.82. The predicted octanol–water partition coefficient (Wildman–Crippen LogP) is 2.77. The van der Waals surface area contributed by atoms with Crippen molar-refractivity contribution in [2.45, 2.75) is 39.7 Å². The predicted molar refractivity (Wildman–Crippen MR) is 77.3 cm³/mol. The molecular weight excluding hydrogens is 238 g/mol. The van der Waals surface area contributed by atoms with Crippen molar-refractivity contribution in [2.75, 3.05) is 18.4 Å². The highest BCUT2D eigenvalue weighted by Gasteiger charge is 2.28. The summed E-state index contributed by atoms with van der Waals surface area (Å²) in [4.78, 5) is 18.8. The van der Waals surface area contributed by atoms with E-state index in [4.69, 9.17) is 0 Å². The second kappa shape index (κ2) is 6.04. The summed E-state index contributed by atoms with van der Waals surface area (Å²) in [6.07, 6.45) is 5.60. The molecule has 1 fully saturated rings. The van der Waals surface area contributed by atoms with E-state index >= 15 is 0 Å². The van der Waals surface area contributed by atoms with Crippen molar-refractivity contribution in [3.63, 3.8) is 0 Å². The van der Waals surface area contributed by atoms with Crippen LogP contribution in [-0.2, 0) is 0 Å². The Kier molecular flexibility index (Phi) is 4.40. The summed E-state index contributed by atoms with van der Waals surface area (Å²) in [5, 5.41) is 3.21. The largest absolute Gasteiger partial charge is 0.383 e. The zero-order valence-corrected chi connectivity index (χ0v) is 12.0. The van der Waals surface area contributed by atoms with Crippen LogP contribution < -0.4 is 5.32 Å². The van der Waals surface area contributed by atoms with Gasteiger partial charge in [0.05, 0.1) is 17.4 Å². The molecule has 2 heterocycles. The molecule has 1 saturated heterocycles. The summed E-state index contributed by atoms with van der Waals surface area (Å²) in [6, 6.07) is 2.13. The molecule has 104 valence electrons. The van der Waals surface area contributed by atoms with E-state index in [9.17, 15) is 4.79 Å². The first-order chi connectivity index (χ1) is 9.13. The standard InChI is InChI=1S/C15H23N3O/c1-4-17-14-10-16-7-5-13(14)15(19)18-8-6-11(2)9-12(18)3/h5,7,10-12,17H,4,6,8-9H2,1-3H3. The number of pyridine rings is 1. The molecule has 0 saturated carbocycles. The average molecular weight is 261 g/mol. The van der Waals surface area contributed by atoms with E-state index in [1.807, 2.05) is 17.9 Å². The smallest absolute Gasteiger partial charge is 0.256 e. The molecule has 1 N–H and O–H groups in total. The summed E-state index contributed by atoms with van der Waals surface area (Å²) in [5.41, 5.74) is 1.57. The van der Waals surface area contributed by atoms with Crippen LogP contribution in [0.3, 0.4) is 0 Å². The Morgan fingerprint density at radius 2 is 2.32 bits per heavy atom. The van der Waals surface area contributed by atoms with Gasteiger partial charge in [-0.05, 0) is 38.7 Å². The second-order valence-electron chi connectivity index (χ2n) is 5.43. The molecule has 19 heavy (non-hydrogen) atoms. The Morgan fingerprint density at radius 3 is 3.00 bits per heavy atom. The molecule has 1 aromatic rings. The Balaban J connectivity index is 2.19. The minimum absolute atomic E-state index is 0.123. The molecule has 1 aromatic heterocycles. The van der Waals surface area contributed by atoms with Gasteiger partial charge < -0.3 is 10.2 Å². The van der Waals surface area contributed by atoms with Gasteiger partial charge in [-0.3, -0.25) is 9.78 Å². The van der Waals surface area contributed by atoms with Crippen molar-refractivity contribution >= 4 is 11.6 Å². The number of likely N-dealkylation sites (tertiary alicyclic amines) is 1. The van der Waals surface area contributed by atoms with E-state index in [-0.39, 0.29) is 5.91 Å². The molecule has 4 nitrogen and oxygen atoms in total. The number of anilines is 1. The molecule has 2 rings (SSSR count). The minimum Gasteiger partial charge on any atom is -0.383 e. The van der Waals surface area contributed by atoms with Crippen LogP contribution in [0.2, 0.25) is 0 Å². The van der Waals surface area contributed by atoms with Crippen LogP contribution in [0.15, 0.2) is 18.5 Å². The molecule has 1 aliphatic rings. The monoisotopic (exact) mass is 261 g/mol. The lowest BCUT2D eigenvalue weighted by atomic mass is 9.93. The summed E-state index contributed by atoms with van der Waals surface area (Å²) in [7, 11) is 0. The van der Waals surface area contributed by atoms with Crippen molar-refractivity contribution < 1.29 is 4.79 Å². The number of rotatable bonds is 3. The first-order valence-electron chi connectivity index (χ1n) is 7.12. The third-order valence-corrected chi connectivity index (χ3v) is 3.82. The van der Waals surface area contributed by atoms with E-state index in [1.54, 1.807) is 12.4 Å². The fraction of sp³-hybridized carbons (Fsp3) is 0.600. The number of carbonyl (C=O) groups is 1. The normalized spacial score (nSPS) is 23.2. The molecule has 2 unspecified atom stereocenters. The first kappa shape index (κ1) is 13.8. The second-order valence-corrected chi connectivity index (χ2v) is 5.43. The molecular formula is C15H23N3O. The highest BCUT2D eigenvalue weighted by Crippen LogP contribution is 2.25. The fourth-order valence-electron chi connectivity index (χ4n) is 2.78. The SMILES string of the molecule is CCNc1cnccc1C(=O)N1CCC(C)CC1C. The number of hydrogen-bond donors (Lipinski definition) is 1. The molecule has 0 spiro atoms. The number of nitrogens with one attached hydrogen (secondary N) is 1. The van der Waals surface area contributed by atoms with Crippen LogP contribution in [0, 0.1) is 5.92 Å². The molecule has 2 atom stereocenters. The number of hydrogen-bond acceptors (Lipinski definition) is 3. The van der Waals surface area contributed by atoms with Crippen LogP contribution >= 0.6 is 0 Å². The summed E-state index contributed by atoms with van der Waals surface area (Å²) in [5.74, 6) is 0.836. The Labute approximate surface area is 115 Å². The van der Waals surface area contributed by atoms with Gasteiger partial charge in [0.15, 0.2) is 0 Å². The van der Waals surface area contributed by atoms with Gasteiger partial charge in [-0.2, -0.15) is 0 Å². The lowest BCUT2D eigenvalue weighted by Crippen LogP contribution is -2.44. The maximum atomic E-state index is 12.7. The van der Waals surface area contributed by atoms with Crippen LogP contribution in [0.5, 0.6) is 0 Å². The first-order valence-corrected chi connectivity index (χ1v) is 7.12. The van der Waals surface area contributed by atoms with Crippen molar-refractivity contribution in [3.8, 4) is 0 Å². The Hall–Kier alpha value is -1.58. The summed E-state index contributed by atoms with van der Waals surface area (Å²) in [6.45, 7) is 8.07. The van der Waals surface area contributed by atoms with Crippen LogP contribution in [0.1, 0.15) is 44.0 Å². The third kappa shape index (κ3) is 3.06. The van der Waals surface area contributed by atoms with E-state index < -0.39 is 0 Å². The van der Waals surface area contributed by atoms with E-state index in [2.05, 4.69) is 24.1 Å². The molecule has 0 radical (unpaired) electrons. The molecule has 0 bridgehead atoms. The highest BCUT2D eigenvalue weighted by atomic mass is 16.2. The Morgan fingerprint density at radius 1 is 1.53 bits per heavy atom. The van der Waals surface area contributed by atoms with Gasteiger partial charge in [0.25, 0.3) is 5.91 Å². The number of carbonyl (C=O) groups excluding carboxylic acids is 1. The van der Waals surface area contributed by atoms with Crippen molar-refractivity contribution in [1.82, 2.24) is 9.88 Å². The maximum Gasteiger partial charge on any atom is 0.256 e. The highest BCUT2D eigenvalue weighted by molar-refractivity contribution is 5.99. The van der Waals surface area contributed by atoms with E-state index in [0.29, 0.717) is 12.0 Å². The maximum absolute atomic E-state index is 12.7. The quantitative estimate of drug-likeness (QED) is 0.910. The zero-order chi connectivity index (χ0) is 13.8. The number of piperidine rings is 1. The van der Waals surface area contributed by atoms with Crippen molar-refractivity contribution in [3.05, 3.63) is 24.0 Å². The Bertz CT molecular complexity index is 447. The molecule has 1 amide bonds. The van der Waals surface area contributed by atoms with Gasteiger partial charge in [0, 0.05) is 25.3 Å². The van der Waals surface area contributed by atoms with Gasteiger partial charge >= 0.3 is 0 Å². The molecule has 0 aliphatic carbocycles. The van der Waals surface area contributed by atoms with Gasteiger partial charge in [0.1, 0.15) is 0 Å². The van der Waals surface area contributed by atoms with Crippen LogP contribution in [0.25, 0.3) is 0 Å². The summed E-state index contributed by atoms with van der Waals surface area (Å²) >= 11 is 0. The van der Waals surface area contributed by atoms with E-state index in [0.717, 1.165) is 37.2 Å². The minimum atomic E-state index is 0.123. The lowest BCUT2D eigenvalue weighted by Gasteiger charge is -2.36. The number of nitrogens with zero attached hydrogens (tertiary/aromatic N) is 2. The molecule has 4 heteroatoms. The van der Waals surface area contributed by atoms with Crippen LogP contribution in [-0.4, -0.2) is 34.9 Å². The molecule has 0 aromatic carbocycles. The van der Waals surface area contributed by atoms with E-state index in [1.165, 1.54) is 0 Å². The van der Waals surface area contributed by atoms with Crippen LogP contribution in [0.4, 0.5) is 5.69 Å². The van der Waals surface area contributed by atoms with Gasteiger partial charge in [-0.1, -0.05) is 6.92 Å². The fourth-order valence-corrected chi connectivity index (χ4v) is 2.78. The zero-order valence-electron chi connectivity index (χ0n) is 12.0. The van der Waals surface area contributed by atoms with Gasteiger partial charge in [-0.15, -0.1) is 0 Å². The van der Waals surface area contributed by atoms with Gasteiger partial charge in [0.2, 0.25) is 0 Å². The number of aromatic nitrogens is 1. The van der Waals surface area contributed by atoms with Crippen molar-refractivity contribution in [1.29, 1.82) is 0 Å². The topological polar surface area (TPSA) is 45.2 Å². The number of amides is 1. The van der Waals surface area contributed by atoms with Gasteiger partial charge in [-0.25, -0.2) is 0 Å².